The van der Waals surface area contributed by atoms with E-state index in [2.05, 4.69) is 5.32 Å². The lowest BCUT2D eigenvalue weighted by molar-refractivity contribution is -0.139. The zero-order valence-corrected chi connectivity index (χ0v) is 23.4. The lowest BCUT2D eigenvalue weighted by atomic mass is 10.0. The summed E-state index contributed by atoms with van der Waals surface area (Å²) in [6.07, 6.45) is 1.22. The van der Waals surface area contributed by atoms with Gasteiger partial charge in [-0.05, 0) is 47.4 Å². The van der Waals surface area contributed by atoms with Gasteiger partial charge in [0.1, 0.15) is 11.8 Å². The first-order valence-corrected chi connectivity index (χ1v) is 14.1. The summed E-state index contributed by atoms with van der Waals surface area (Å²) in [5, 5.41) is 4.14. The van der Waals surface area contributed by atoms with Crippen molar-refractivity contribution in [1.29, 1.82) is 0 Å². The molecule has 0 heterocycles. The quantitative estimate of drug-likeness (QED) is 0.263. The molecule has 0 aliphatic rings. The molecule has 3 aromatic carbocycles. The van der Waals surface area contributed by atoms with E-state index in [1.54, 1.807) is 30.2 Å². The number of benzene rings is 3. The number of nitrogens with one attached hydrogen (secondary N) is 1. The molecule has 0 bridgehead atoms. The fraction of sp³-hybridized carbons (Fsp3) is 0.310. The smallest absolute Gasteiger partial charge is 0.243 e. The zero-order chi connectivity index (χ0) is 26.6. The Morgan fingerprint density at radius 3 is 2.32 bits per heavy atom. The number of carbonyl (C=O) groups excluding carboxylic acids is 2. The maximum Gasteiger partial charge on any atom is 0.243 e. The van der Waals surface area contributed by atoms with Crippen molar-refractivity contribution in [2.75, 3.05) is 19.4 Å². The molecule has 0 aliphatic heterocycles. The highest BCUT2D eigenvalue weighted by atomic mass is 35.5. The summed E-state index contributed by atoms with van der Waals surface area (Å²) < 4.78 is 5.38. The van der Waals surface area contributed by atoms with Crippen LogP contribution in [0.1, 0.15) is 30.0 Å². The van der Waals surface area contributed by atoms with E-state index in [1.807, 2.05) is 61.5 Å². The van der Waals surface area contributed by atoms with Crippen LogP contribution in [-0.4, -0.2) is 42.2 Å². The Morgan fingerprint density at radius 1 is 0.973 bits per heavy atom. The first-order valence-electron chi connectivity index (χ1n) is 12.2. The van der Waals surface area contributed by atoms with Crippen LogP contribution in [0.25, 0.3) is 0 Å². The topological polar surface area (TPSA) is 58.6 Å². The van der Waals surface area contributed by atoms with Gasteiger partial charge in [-0.2, -0.15) is 0 Å². The van der Waals surface area contributed by atoms with Crippen LogP contribution in [0.3, 0.4) is 0 Å². The number of nitrogens with zero attached hydrogens (tertiary/aromatic N) is 1. The third kappa shape index (κ3) is 8.70. The van der Waals surface area contributed by atoms with Crippen LogP contribution in [0.5, 0.6) is 5.75 Å². The fourth-order valence-corrected chi connectivity index (χ4v) is 5.53. The van der Waals surface area contributed by atoms with Crippen molar-refractivity contribution in [2.45, 2.75) is 38.1 Å². The highest BCUT2D eigenvalue weighted by molar-refractivity contribution is 7.99. The van der Waals surface area contributed by atoms with Crippen LogP contribution in [-0.2, 0) is 28.3 Å². The second kappa shape index (κ2) is 14.9. The van der Waals surface area contributed by atoms with Gasteiger partial charge in [-0.1, -0.05) is 78.7 Å². The van der Waals surface area contributed by atoms with Crippen molar-refractivity contribution >= 4 is 46.8 Å². The molecule has 0 unspecified atom stereocenters. The van der Waals surface area contributed by atoms with Crippen molar-refractivity contribution in [2.24, 2.45) is 0 Å². The first kappa shape index (κ1) is 28.9. The second-order valence-corrected chi connectivity index (χ2v) is 10.4. The number of ether oxygens (including phenoxy) is 1. The second-order valence-electron chi connectivity index (χ2n) is 8.56. The summed E-state index contributed by atoms with van der Waals surface area (Å²) in [7, 11) is 1.61. The molecule has 0 saturated heterocycles. The number of rotatable bonds is 13. The van der Waals surface area contributed by atoms with Gasteiger partial charge in [-0.15, -0.1) is 11.8 Å². The molecule has 0 aliphatic carbocycles. The van der Waals surface area contributed by atoms with Gasteiger partial charge in [-0.25, -0.2) is 0 Å². The van der Waals surface area contributed by atoms with Crippen LogP contribution in [0, 0.1) is 0 Å². The lowest BCUT2D eigenvalue weighted by Crippen LogP contribution is -2.51. The summed E-state index contributed by atoms with van der Waals surface area (Å²) in [5.41, 5.74) is 2.66. The molecule has 0 fully saturated rings. The third-order valence-electron chi connectivity index (χ3n) is 5.84. The van der Waals surface area contributed by atoms with Crippen molar-refractivity contribution in [1.82, 2.24) is 10.2 Å². The Balaban J connectivity index is 1.87. The Morgan fingerprint density at radius 2 is 1.65 bits per heavy atom. The minimum atomic E-state index is -0.669. The third-order valence-corrected chi connectivity index (χ3v) is 7.49. The minimum absolute atomic E-state index is 0.136. The van der Waals surface area contributed by atoms with Gasteiger partial charge in [0.05, 0.1) is 12.9 Å². The van der Waals surface area contributed by atoms with Crippen LogP contribution in [0.2, 0.25) is 10.0 Å². The summed E-state index contributed by atoms with van der Waals surface area (Å²) in [4.78, 5) is 28.8. The number of hydrogen-bond donors (Lipinski definition) is 1. The summed E-state index contributed by atoms with van der Waals surface area (Å²) in [6.45, 7) is 2.83. The van der Waals surface area contributed by atoms with E-state index in [9.17, 15) is 9.59 Å². The monoisotopic (exact) mass is 558 g/mol. The maximum atomic E-state index is 13.7. The average molecular weight is 560 g/mol. The van der Waals surface area contributed by atoms with Crippen molar-refractivity contribution < 1.29 is 14.3 Å². The molecule has 0 aromatic heterocycles. The number of thioether (sulfide) groups is 1. The normalized spacial score (nSPS) is 11.6. The van der Waals surface area contributed by atoms with Crippen LogP contribution < -0.4 is 10.1 Å². The molecule has 1 N–H and O–H groups in total. The molecular weight excluding hydrogens is 527 g/mol. The summed E-state index contributed by atoms with van der Waals surface area (Å²) >= 11 is 14.1. The van der Waals surface area contributed by atoms with E-state index >= 15 is 0 Å². The molecule has 8 heteroatoms. The van der Waals surface area contributed by atoms with Gasteiger partial charge in [0.25, 0.3) is 0 Å². The molecular formula is C29H32Cl2N2O3S. The molecule has 196 valence electrons. The predicted octanol–water partition coefficient (Wildman–Crippen LogP) is 6.40. The highest BCUT2D eigenvalue weighted by Gasteiger charge is 2.30. The van der Waals surface area contributed by atoms with Crippen molar-refractivity contribution in [3.8, 4) is 5.75 Å². The Hall–Kier alpha value is -2.67. The van der Waals surface area contributed by atoms with Gasteiger partial charge in [-0.3, -0.25) is 9.59 Å². The molecule has 5 nitrogen and oxygen atoms in total. The molecule has 2 amide bonds. The van der Waals surface area contributed by atoms with E-state index < -0.39 is 6.04 Å². The SMILES string of the molecule is CCCNC(=O)[C@H](Cc1ccccc1)N(Cc1cccc(OC)c1)C(=O)CSCc1c(Cl)cccc1Cl. The molecule has 0 saturated carbocycles. The lowest BCUT2D eigenvalue weighted by Gasteiger charge is -2.31. The van der Waals surface area contributed by atoms with E-state index in [0.29, 0.717) is 34.5 Å². The molecule has 1 atom stereocenters. The molecule has 37 heavy (non-hydrogen) atoms. The largest absolute Gasteiger partial charge is 0.497 e. The Bertz CT molecular complexity index is 1160. The molecule has 3 rings (SSSR count). The average Bonchev–Trinajstić information content (AvgIpc) is 2.91. The van der Waals surface area contributed by atoms with Crippen molar-refractivity contribution in [3.05, 3.63) is 99.5 Å². The van der Waals surface area contributed by atoms with E-state index in [-0.39, 0.29) is 24.1 Å². The van der Waals surface area contributed by atoms with Gasteiger partial charge in [0, 0.05) is 35.3 Å². The molecule has 0 radical (unpaired) electrons. The highest BCUT2D eigenvalue weighted by Crippen LogP contribution is 2.28. The number of hydrogen-bond acceptors (Lipinski definition) is 4. The van der Waals surface area contributed by atoms with E-state index in [4.69, 9.17) is 27.9 Å². The van der Waals surface area contributed by atoms with Gasteiger partial charge >= 0.3 is 0 Å². The molecule has 0 spiro atoms. The fourth-order valence-electron chi connectivity index (χ4n) is 3.88. The maximum absolute atomic E-state index is 13.7. The minimum Gasteiger partial charge on any atom is -0.497 e. The van der Waals surface area contributed by atoms with E-state index in [0.717, 1.165) is 23.1 Å². The Labute approximate surface area is 233 Å². The van der Waals surface area contributed by atoms with Crippen molar-refractivity contribution in [3.63, 3.8) is 0 Å². The Kier molecular flexibility index (Phi) is 11.6. The predicted molar refractivity (Wildman–Crippen MR) is 153 cm³/mol. The van der Waals surface area contributed by atoms with Crippen LogP contribution in [0.15, 0.2) is 72.8 Å². The molecule has 3 aromatic rings. The van der Waals surface area contributed by atoms with Crippen LogP contribution >= 0.6 is 35.0 Å². The number of halogens is 2. The van der Waals surface area contributed by atoms with Gasteiger partial charge in [0.2, 0.25) is 11.8 Å². The zero-order valence-electron chi connectivity index (χ0n) is 21.1. The summed E-state index contributed by atoms with van der Waals surface area (Å²) in [5.74, 6) is 1.06. The van der Waals surface area contributed by atoms with Gasteiger partial charge in [0.15, 0.2) is 0 Å². The number of methoxy groups -OCH3 is 1. The standard InChI is InChI=1S/C29H32Cl2N2O3S/c1-3-15-32-29(35)27(17-21-9-5-4-6-10-21)33(18-22-11-7-12-23(16-22)36-2)28(34)20-37-19-24-25(30)13-8-14-26(24)31/h4-14,16,27H,3,15,17-20H2,1-2H3,(H,32,35)/t27-/m0/s1. The number of amides is 2. The van der Waals surface area contributed by atoms with Crippen LogP contribution in [0.4, 0.5) is 0 Å². The summed E-state index contributed by atoms with van der Waals surface area (Å²) in [6, 6.07) is 22.0. The first-order chi connectivity index (χ1) is 17.9. The van der Waals surface area contributed by atoms with Gasteiger partial charge < -0.3 is 15.0 Å². The number of carbonyl (C=O) groups is 2. The van der Waals surface area contributed by atoms with E-state index in [1.165, 1.54) is 11.8 Å².